The summed E-state index contributed by atoms with van der Waals surface area (Å²) in [4.78, 5) is 35.0. The van der Waals surface area contributed by atoms with Gasteiger partial charge in [-0.2, -0.15) is 11.8 Å². The molecule has 0 aliphatic rings. The van der Waals surface area contributed by atoms with Crippen LogP contribution in [0.4, 0.5) is 0 Å². The molecule has 0 fully saturated rings. The Balaban J connectivity index is 3.67. The van der Waals surface area contributed by atoms with Gasteiger partial charge in [-0.05, 0) is 27.2 Å². The third-order valence-electron chi connectivity index (χ3n) is 4.98. The van der Waals surface area contributed by atoms with E-state index in [2.05, 4.69) is 6.92 Å². The van der Waals surface area contributed by atoms with E-state index in [1.807, 2.05) is 0 Å². The fraction of sp³-hybridized carbons (Fsp3) is 0.880. The van der Waals surface area contributed by atoms with Crippen LogP contribution in [0.3, 0.4) is 0 Å². The van der Waals surface area contributed by atoms with Gasteiger partial charge in [0.1, 0.15) is 12.2 Å². The van der Waals surface area contributed by atoms with Crippen molar-refractivity contribution in [1.82, 2.24) is 0 Å². The number of thioether (sulfide) groups is 1. The van der Waals surface area contributed by atoms with Crippen molar-refractivity contribution in [3.63, 3.8) is 0 Å². The first-order valence-corrected chi connectivity index (χ1v) is 13.5. The molecule has 32 heavy (non-hydrogen) atoms. The van der Waals surface area contributed by atoms with Gasteiger partial charge in [-0.1, -0.05) is 71.1 Å². The summed E-state index contributed by atoms with van der Waals surface area (Å²) in [6, 6.07) is 0. The molecule has 0 amide bonds. The molecule has 0 aromatic carbocycles. The predicted octanol–water partition coefficient (Wildman–Crippen LogP) is 6.40. The fourth-order valence-corrected chi connectivity index (χ4v) is 4.16. The topological polar surface area (TPSA) is 89.9 Å². The number of rotatable bonds is 20. The summed E-state index contributed by atoms with van der Waals surface area (Å²) in [6.45, 7) is 7.75. The highest BCUT2D eigenvalue weighted by Gasteiger charge is 2.25. The van der Waals surface area contributed by atoms with Gasteiger partial charge in [0.15, 0.2) is 0 Å². The van der Waals surface area contributed by atoms with Crippen molar-refractivity contribution >= 4 is 29.7 Å². The van der Waals surface area contributed by atoms with E-state index in [-0.39, 0.29) is 24.7 Å². The molecule has 0 saturated carbocycles. The third kappa shape index (κ3) is 20.7. The molecule has 7 heteroatoms. The first kappa shape index (κ1) is 30.8. The Hall–Kier alpha value is -1.24. The van der Waals surface area contributed by atoms with Gasteiger partial charge in [0, 0.05) is 17.9 Å². The third-order valence-corrected chi connectivity index (χ3v) is 6.07. The van der Waals surface area contributed by atoms with E-state index < -0.39 is 23.5 Å². The second-order valence-electron chi connectivity index (χ2n) is 9.41. The largest absolute Gasteiger partial charge is 0.481 e. The van der Waals surface area contributed by atoms with Crippen molar-refractivity contribution in [2.24, 2.45) is 5.92 Å². The maximum absolute atomic E-state index is 11.8. The molecule has 0 aromatic heterocycles. The lowest BCUT2D eigenvalue weighted by molar-refractivity contribution is -0.159. The molecule has 0 rings (SSSR count). The first-order valence-electron chi connectivity index (χ1n) is 12.3. The summed E-state index contributed by atoms with van der Waals surface area (Å²) in [5, 5.41) is 9.29. The molecule has 0 radical (unpaired) electrons. The standard InChI is InChI=1S/C25H46O6S/c1-5-6-7-8-9-10-11-12-13-14-15-16-22(26)30-17-18-32-20-21(24(28)29)19-23(27)31-25(2,3)4/h21H,5-20H2,1-4H3,(H,28,29)/t21-/m0/s1. The van der Waals surface area contributed by atoms with Crippen LogP contribution in [-0.4, -0.2) is 46.7 Å². The summed E-state index contributed by atoms with van der Waals surface area (Å²) < 4.78 is 10.4. The summed E-state index contributed by atoms with van der Waals surface area (Å²) in [5.74, 6) is -1.72. The van der Waals surface area contributed by atoms with Crippen LogP contribution < -0.4 is 0 Å². The van der Waals surface area contributed by atoms with Crippen molar-refractivity contribution in [3.8, 4) is 0 Å². The molecule has 0 heterocycles. The summed E-state index contributed by atoms with van der Waals surface area (Å²) in [7, 11) is 0. The van der Waals surface area contributed by atoms with Crippen LogP contribution in [-0.2, 0) is 23.9 Å². The van der Waals surface area contributed by atoms with E-state index in [4.69, 9.17) is 9.47 Å². The van der Waals surface area contributed by atoms with Gasteiger partial charge in [0.2, 0.25) is 0 Å². The quantitative estimate of drug-likeness (QED) is 0.161. The number of carboxylic acids is 1. The van der Waals surface area contributed by atoms with Gasteiger partial charge >= 0.3 is 17.9 Å². The first-order chi connectivity index (χ1) is 15.2. The molecule has 0 bridgehead atoms. The Labute approximate surface area is 199 Å². The molecule has 0 aliphatic heterocycles. The van der Waals surface area contributed by atoms with Crippen molar-refractivity contribution in [2.75, 3.05) is 18.1 Å². The van der Waals surface area contributed by atoms with E-state index in [9.17, 15) is 19.5 Å². The molecule has 0 unspecified atom stereocenters. The lowest BCUT2D eigenvalue weighted by Crippen LogP contribution is -2.28. The Bertz CT molecular complexity index is 515. The molecular formula is C25H46O6S. The number of hydrogen-bond acceptors (Lipinski definition) is 6. The van der Waals surface area contributed by atoms with E-state index in [1.165, 1.54) is 69.5 Å². The monoisotopic (exact) mass is 474 g/mol. The number of carbonyl (C=O) groups is 3. The Kier molecular flexibility index (Phi) is 18.5. The summed E-state index contributed by atoms with van der Waals surface area (Å²) in [6.07, 6.45) is 14.0. The number of hydrogen-bond donors (Lipinski definition) is 1. The smallest absolute Gasteiger partial charge is 0.307 e. The Morgan fingerprint density at radius 1 is 0.844 bits per heavy atom. The maximum Gasteiger partial charge on any atom is 0.307 e. The molecule has 0 aromatic rings. The minimum absolute atomic E-state index is 0.155. The molecule has 0 spiro atoms. The second kappa shape index (κ2) is 19.2. The van der Waals surface area contributed by atoms with Gasteiger partial charge < -0.3 is 14.6 Å². The Morgan fingerprint density at radius 2 is 1.38 bits per heavy atom. The van der Waals surface area contributed by atoms with Crippen LogP contribution in [0, 0.1) is 5.92 Å². The number of esters is 2. The van der Waals surface area contributed by atoms with E-state index >= 15 is 0 Å². The van der Waals surface area contributed by atoms with Crippen molar-refractivity contribution in [2.45, 2.75) is 117 Å². The average molecular weight is 475 g/mol. The van der Waals surface area contributed by atoms with Crippen molar-refractivity contribution in [3.05, 3.63) is 0 Å². The van der Waals surface area contributed by atoms with Crippen LogP contribution in [0.2, 0.25) is 0 Å². The Morgan fingerprint density at radius 3 is 1.88 bits per heavy atom. The normalized spacial score (nSPS) is 12.4. The van der Waals surface area contributed by atoms with Crippen LogP contribution in [0.5, 0.6) is 0 Å². The van der Waals surface area contributed by atoms with Gasteiger partial charge in [-0.25, -0.2) is 0 Å². The molecule has 1 atom stereocenters. The number of carboxylic acid groups (broad SMARTS) is 1. The van der Waals surface area contributed by atoms with Crippen molar-refractivity contribution in [1.29, 1.82) is 0 Å². The van der Waals surface area contributed by atoms with E-state index in [1.54, 1.807) is 20.8 Å². The van der Waals surface area contributed by atoms with E-state index in [0.717, 1.165) is 12.8 Å². The van der Waals surface area contributed by atoms with Crippen LogP contribution in [0.25, 0.3) is 0 Å². The molecule has 0 saturated heterocycles. The highest BCUT2D eigenvalue weighted by Crippen LogP contribution is 2.17. The minimum atomic E-state index is -1.02. The average Bonchev–Trinajstić information content (AvgIpc) is 2.69. The van der Waals surface area contributed by atoms with Gasteiger partial charge in [-0.15, -0.1) is 0 Å². The molecule has 1 N–H and O–H groups in total. The zero-order chi connectivity index (χ0) is 24.2. The van der Waals surface area contributed by atoms with Gasteiger partial charge in [0.05, 0.1) is 12.3 Å². The maximum atomic E-state index is 11.8. The molecule has 0 aliphatic carbocycles. The molecular weight excluding hydrogens is 428 g/mol. The lowest BCUT2D eigenvalue weighted by atomic mass is 10.1. The molecule has 6 nitrogen and oxygen atoms in total. The van der Waals surface area contributed by atoms with Crippen LogP contribution in [0.1, 0.15) is 111 Å². The highest BCUT2D eigenvalue weighted by atomic mass is 32.2. The highest BCUT2D eigenvalue weighted by molar-refractivity contribution is 7.99. The minimum Gasteiger partial charge on any atom is -0.481 e. The fourth-order valence-electron chi connectivity index (χ4n) is 3.25. The zero-order valence-corrected chi connectivity index (χ0v) is 21.6. The van der Waals surface area contributed by atoms with E-state index in [0.29, 0.717) is 12.2 Å². The zero-order valence-electron chi connectivity index (χ0n) is 20.8. The number of carbonyl (C=O) groups excluding carboxylic acids is 2. The van der Waals surface area contributed by atoms with Crippen LogP contribution >= 0.6 is 11.8 Å². The van der Waals surface area contributed by atoms with Gasteiger partial charge in [-0.3, -0.25) is 14.4 Å². The number of aliphatic carboxylic acids is 1. The van der Waals surface area contributed by atoms with Gasteiger partial charge in [0.25, 0.3) is 0 Å². The number of unbranched alkanes of at least 4 members (excludes halogenated alkanes) is 10. The second-order valence-corrected chi connectivity index (χ2v) is 10.6. The lowest BCUT2D eigenvalue weighted by Gasteiger charge is -2.20. The predicted molar refractivity (Wildman–Crippen MR) is 131 cm³/mol. The van der Waals surface area contributed by atoms with Crippen molar-refractivity contribution < 1.29 is 29.0 Å². The number of ether oxygens (including phenoxy) is 2. The summed E-state index contributed by atoms with van der Waals surface area (Å²) >= 11 is 1.37. The van der Waals surface area contributed by atoms with Crippen LogP contribution in [0.15, 0.2) is 0 Å². The summed E-state index contributed by atoms with van der Waals surface area (Å²) in [5.41, 5.74) is -0.630. The molecule has 188 valence electrons. The SMILES string of the molecule is CCCCCCCCCCCCCC(=O)OCCSC[C@H](CC(=O)OC(C)(C)C)C(=O)O.